The molecule has 1 aromatic rings. The van der Waals surface area contributed by atoms with E-state index in [0.29, 0.717) is 18.2 Å². The number of nitrogens with two attached hydrogens (primary N) is 1. The lowest BCUT2D eigenvalue weighted by atomic mass is 10.0. The summed E-state index contributed by atoms with van der Waals surface area (Å²) in [7, 11) is 0. The van der Waals surface area contributed by atoms with Gasteiger partial charge in [-0.05, 0) is 37.4 Å². The summed E-state index contributed by atoms with van der Waals surface area (Å²) in [6, 6.07) is 3.60. The number of rotatable bonds is 3. The van der Waals surface area contributed by atoms with Crippen molar-refractivity contribution in [2.45, 2.75) is 25.3 Å². The van der Waals surface area contributed by atoms with Crippen LogP contribution in [0.25, 0.3) is 0 Å². The average molecular weight is 208 g/mol. The third kappa shape index (κ3) is 2.21. The summed E-state index contributed by atoms with van der Waals surface area (Å²) in [5.74, 6) is 0.659. The first-order valence-electron chi connectivity index (χ1n) is 5.35. The van der Waals surface area contributed by atoms with Crippen molar-refractivity contribution in [3.05, 3.63) is 24.2 Å². The van der Waals surface area contributed by atoms with E-state index in [1.54, 1.807) is 12.1 Å². The van der Waals surface area contributed by atoms with Gasteiger partial charge in [-0.2, -0.15) is 0 Å². The van der Waals surface area contributed by atoms with Gasteiger partial charge in [0.1, 0.15) is 0 Å². The van der Waals surface area contributed by atoms with Crippen molar-refractivity contribution in [2.24, 2.45) is 11.7 Å². The fraction of sp³-hybridized carbons (Fsp3) is 0.545. The highest BCUT2D eigenvalue weighted by Crippen LogP contribution is 2.24. The summed E-state index contributed by atoms with van der Waals surface area (Å²) in [5.41, 5.74) is 5.64. The van der Waals surface area contributed by atoms with Crippen molar-refractivity contribution in [1.82, 2.24) is 5.32 Å². The van der Waals surface area contributed by atoms with Gasteiger partial charge in [-0.15, -0.1) is 0 Å². The van der Waals surface area contributed by atoms with Gasteiger partial charge in [0, 0.05) is 6.04 Å². The van der Waals surface area contributed by atoms with Crippen LogP contribution in [-0.2, 0) is 0 Å². The molecule has 1 saturated carbocycles. The monoisotopic (exact) mass is 208 g/mol. The second-order valence-corrected chi connectivity index (χ2v) is 3.98. The van der Waals surface area contributed by atoms with Crippen LogP contribution < -0.4 is 11.1 Å². The molecule has 1 aliphatic rings. The Morgan fingerprint density at radius 3 is 3.13 bits per heavy atom. The summed E-state index contributed by atoms with van der Waals surface area (Å²) in [6.45, 7) is 0.642. The molecule has 15 heavy (non-hydrogen) atoms. The molecule has 1 aromatic heterocycles. The van der Waals surface area contributed by atoms with Crippen molar-refractivity contribution >= 4 is 5.91 Å². The highest BCUT2D eigenvalue weighted by atomic mass is 16.3. The topological polar surface area (TPSA) is 68.3 Å². The summed E-state index contributed by atoms with van der Waals surface area (Å²) in [6.07, 6.45) is 4.78. The predicted octanol–water partition coefficient (Wildman–Crippen LogP) is 1.14. The Balaban J connectivity index is 1.94. The fourth-order valence-corrected chi connectivity index (χ4v) is 2.16. The number of carbonyl (C=O) groups is 1. The molecule has 2 atom stereocenters. The largest absolute Gasteiger partial charge is 0.459 e. The molecule has 0 bridgehead atoms. The number of nitrogens with one attached hydrogen (secondary N) is 1. The van der Waals surface area contributed by atoms with E-state index >= 15 is 0 Å². The van der Waals surface area contributed by atoms with Gasteiger partial charge in [0.2, 0.25) is 0 Å². The zero-order chi connectivity index (χ0) is 10.7. The molecule has 0 spiro atoms. The standard InChI is InChI=1S/C11H16N2O2/c12-7-8-3-1-4-9(8)13-11(14)10-5-2-6-15-10/h2,5-6,8-9H,1,3-4,7,12H2,(H,13,14). The Morgan fingerprint density at radius 1 is 1.60 bits per heavy atom. The fourth-order valence-electron chi connectivity index (χ4n) is 2.16. The van der Waals surface area contributed by atoms with E-state index in [0.717, 1.165) is 19.3 Å². The third-order valence-electron chi connectivity index (χ3n) is 3.02. The molecular formula is C11H16N2O2. The maximum atomic E-state index is 11.7. The third-order valence-corrected chi connectivity index (χ3v) is 3.02. The highest BCUT2D eigenvalue weighted by molar-refractivity contribution is 5.91. The lowest BCUT2D eigenvalue weighted by Gasteiger charge is -2.18. The van der Waals surface area contributed by atoms with E-state index in [1.165, 1.54) is 6.26 Å². The number of carbonyl (C=O) groups excluding carboxylic acids is 1. The van der Waals surface area contributed by atoms with E-state index < -0.39 is 0 Å². The van der Waals surface area contributed by atoms with Gasteiger partial charge in [-0.25, -0.2) is 0 Å². The van der Waals surface area contributed by atoms with Crippen molar-refractivity contribution < 1.29 is 9.21 Å². The van der Waals surface area contributed by atoms with E-state index in [4.69, 9.17) is 10.2 Å². The molecule has 0 saturated heterocycles. The van der Waals surface area contributed by atoms with Crippen molar-refractivity contribution in [2.75, 3.05) is 6.54 Å². The molecule has 1 fully saturated rings. The molecule has 3 N–H and O–H groups in total. The molecule has 82 valence electrons. The highest BCUT2D eigenvalue weighted by Gasteiger charge is 2.27. The molecule has 0 aliphatic heterocycles. The zero-order valence-electron chi connectivity index (χ0n) is 8.61. The van der Waals surface area contributed by atoms with Crippen LogP contribution in [0.15, 0.2) is 22.8 Å². The summed E-state index contributed by atoms with van der Waals surface area (Å²) >= 11 is 0. The lowest BCUT2D eigenvalue weighted by Crippen LogP contribution is -2.39. The van der Waals surface area contributed by atoms with Crippen molar-refractivity contribution in [3.8, 4) is 0 Å². The maximum absolute atomic E-state index is 11.7. The molecule has 0 aromatic carbocycles. The minimum absolute atomic E-state index is 0.134. The van der Waals surface area contributed by atoms with Crippen LogP contribution >= 0.6 is 0 Å². The first-order valence-corrected chi connectivity index (χ1v) is 5.35. The zero-order valence-corrected chi connectivity index (χ0v) is 8.61. The quantitative estimate of drug-likeness (QED) is 0.782. The SMILES string of the molecule is NCC1CCCC1NC(=O)c1ccco1. The Labute approximate surface area is 88.8 Å². The maximum Gasteiger partial charge on any atom is 0.287 e. The molecule has 0 radical (unpaired) electrons. The van der Waals surface area contributed by atoms with Gasteiger partial charge in [0.25, 0.3) is 5.91 Å². The van der Waals surface area contributed by atoms with Crippen LogP contribution in [0.4, 0.5) is 0 Å². The first-order chi connectivity index (χ1) is 7.31. The molecular weight excluding hydrogens is 192 g/mol. The second-order valence-electron chi connectivity index (χ2n) is 3.98. The Hall–Kier alpha value is -1.29. The van der Waals surface area contributed by atoms with Gasteiger partial charge < -0.3 is 15.5 Å². The predicted molar refractivity (Wildman–Crippen MR) is 56.4 cm³/mol. The Bertz CT molecular complexity index is 321. The van der Waals surface area contributed by atoms with Gasteiger partial charge in [0.15, 0.2) is 5.76 Å². The van der Waals surface area contributed by atoms with Crippen molar-refractivity contribution in [3.63, 3.8) is 0 Å². The molecule has 4 heteroatoms. The van der Waals surface area contributed by atoms with Crippen LogP contribution in [0.1, 0.15) is 29.8 Å². The number of hydrogen-bond acceptors (Lipinski definition) is 3. The normalized spacial score (nSPS) is 25.4. The number of amides is 1. The van der Waals surface area contributed by atoms with E-state index in [-0.39, 0.29) is 11.9 Å². The van der Waals surface area contributed by atoms with Gasteiger partial charge in [-0.1, -0.05) is 6.42 Å². The molecule has 1 amide bonds. The number of hydrogen-bond donors (Lipinski definition) is 2. The molecule has 2 rings (SSSR count). The van der Waals surface area contributed by atoms with E-state index in [9.17, 15) is 4.79 Å². The molecule has 4 nitrogen and oxygen atoms in total. The Morgan fingerprint density at radius 2 is 2.47 bits per heavy atom. The molecule has 1 heterocycles. The van der Waals surface area contributed by atoms with E-state index in [1.807, 2.05) is 0 Å². The minimum atomic E-state index is -0.134. The molecule has 2 unspecified atom stereocenters. The van der Waals surface area contributed by atoms with Crippen LogP contribution in [0.2, 0.25) is 0 Å². The first kappa shape index (κ1) is 10.2. The minimum Gasteiger partial charge on any atom is -0.459 e. The lowest BCUT2D eigenvalue weighted by molar-refractivity contribution is 0.0900. The summed E-state index contributed by atoms with van der Waals surface area (Å²) < 4.78 is 5.03. The van der Waals surface area contributed by atoms with Crippen LogP contribution in [0, 0.1) is 5.92 Å². The Kier molecular flexibility index (Phi) is 3.06. The van der Waals surface area contributed by atoms with Gasteiger partial charge in [0.05, 0.1) is 6.26 Å². The summed E-state index contributed by atoms with van der Waals surface area (Å²) in [4.78, 5) is 11.7. The smallest absolute Gasteiger partial charge is 0.287 e. The van der Waals surface area contributed by atoms with Gasteiger partial charge >= 0.3 is 0 Å². The van der Waals surface area contributed by atoms with Crippen LogP contribution in [0.3, 0.4) is 0 Å². The second kappa shape index (κ2) is 4.49. The van der Waals surface area contributed by atoms with Crippen molar-refractivity contribution in [1.29, 1.82) is 0 Å². The average Bonchev–Trinajstić information content (AvgIpc) is 2.87. The van der Waals surface area contributed by atoms with Crippen LogP contribution in [0.5, 0.6) is 0 Å². The summed E-state index contributed by atoms with van der Waals surface area (Å²) in [5, 5.41) is 2.97. The number of furan rings is 1. The van der Waals surface area contributed by atoms with Crippen LogP contribution in [-0.4, -0.2) is 18.5 Å². The van der Waals surface area contributed by atoms with E-state index in [2.05, 4.69) is 5.32 Å². The molecule has 1 aliphatic carbocycles. The van der Waals surface area contributed by atoms with Gasteiger partial charge in [-0.3, -0.25) is 4.79 Å².